The van der Waals surface area contributed by atoms with Gasteiger partial charge in [0.15, 0.2) is 0 Å². The topological polar surface area (TPSA) is 95.7 Å². The maximum atomic E-state index is 13.2. The fourth-order valence-corrected chi connectivity index (χ4v) is 6.29. The van der Waals surface area contributed by atoms with E-state index in [1.165, 1.54) is 22.0 Å². The van der Waals surface area contributed by atoms with Gasteiger partial charge in [0, 0.05) is 31.4 Å². The quantitative estimate of drug-likeness (QED) is 0.643. The second-order valence-electron chi connectivity index (χ2n) is 8.71. The van der Waals surface area contributed by atoms with E-state index in [2.05, 4.69) is 29.6 Å². The van der Waals surface area contributed by atoms with Crippen LogP contribution in [0, 0.1) is 5.82 Å². The first-order valence-corrected chi connectivity index (χ1v) is 12.9. The highest BCUT2D eigenvalue weighted by Crippen LogP contribution is 2.28. The van der Waals surface area contributed by atoms with E-state index in [4.69, 9.17) is 5.73 Å². The van der Waals surface area contributed by atoms with Crippen LogP contribution < -0.4 is 11.1 Å². The number of benzene rings is 2. The molecular formula is C24H31FN4O3S. The summed E-state index contributed by atoms with van der Waals surface area (Å²) in [5.41, 5.74) is 7.86. The van der Waals surface area contributed by atoms with Gasteiger partial charge in [-0.15, -0.1) is 0 Å². The molecule has 2 saturated heterocycles. The molecule has 178 valence electrons. The minimum absolute atomic E-state index is 0.0176. The van der Waals surface area contributed by atoms with Gasteiger partial charge in [0.05, 0.1) is 4.90 Å². The zero-order valence-electron chi connectivity index (χ0n) is 18.6. The van der Waals surface area contributed by atoms with E-state index in [0.717, 1.165) is 37.1 Å². The summed E-state index contributed by atoms with van der Waals surface area (Å²) in [5, 5.41) is 3.53. The van der Waals surface area contributed by atoms with Gasteiger partial charge < -0.3 is 16.0 Å². The maximum Gasteiger partial charge on any atom is 0.243 e. The number of piperidine rings is 1. The van der Waals surface area contributed by atoms with Gasteiger partial charge in [-0.1, -0.05) is 12.1 Å². The number of amides is 1. The van der Waals surface area contributed by atoms with Crippen molar-refractivity contribution in [1.82, 2.24) is 9.21 Å². The number of rotatable bonds is 7. The minimum Gasteiger partial charge on any atom is -0.382 e. The average molecular weight is 475 g/mol. The Balaban J connectivity index is 1.35. The molecule has 0 spiro atoms. The first-order valence-electron chi connectivity index (χ1n) is 11.5. The first kappa shape index (κ1) is 23.7. The van der Waals surface area contributed by atoms with Crippen LogP contribution in [0.15, 0.2) is 53.4 Å². The van der Waals surface area contributed by atoms with Gasteiger partial charge >= 0.3 is 0 Å². The molecule has 2 heterocycles. The lowest BCUT2D eigenvalue weighted by molar-refractivity contribution is -0.135. The normalized spacial score (nSPS) is 20.2. The molecule has 1 atom stereocenters. The van der Waals surface area contributed by atoms with Crippen molar-refractivity contribution in [3.63, 3.8) is 0 Å². The smallest absolute Gasteiger partial charge is 0.243 e. The number of halogens is 1. The SMILES string of the molecule is NCCc1ccc(NC2CCN(C(=O)[C@@H]3CCCN3S(=O)(=O)c3ccc(F)cc3)CC2)cc1. The highest BCUT2D eigenvalue weighted by molar-refractivity contribution is 7.89. The predicted octanol–water partition coefficient (Wildman–Crippen LogP) is 2.58. The summed E-state index contributed by atoms with van der Waals surface area (Å²) < 4.78 is 40.7. The zero-order chi connectivity index (χ0) is 23.4. The molecule has 0 aliphatic carbocycles. The van der Waals surface area contributed by atoms with Gasteiger partial charge in [0.2, 0.25) is 15.9 Å². The Morgan fingerprint density at radius 3 is 2.30 bits per heavy atom. The van der Waals surface area contributed by atoms with Crippen LogP contribution in [0.1, 0.15) is 31.2 Å². The van der Waals surface area contributed by atoms with Gasteiger partial charge in [-0.05, 0) is 80.6 Å². The molecule has 0 saturated carbocycles. The van der Waals surface area contributed by atoms with Crippen molar-refractivity contribution in [2.24, 2.45) is 5.73 Å². The standard InChI is InChI=1S/C24H31FN4O3S/c25-19-5-9-22(10-6-19)33(31,32)29-15-1-2-23(29)24(30)28-16-12-21(13-17-28)27-20-7-3-18(4-8-20)11-14-26/h3-10,21,23,27H,1-2,11-17,26H2/t23-/m0/s1. The fourth-order valence-electron chi connectivity index (χ4n) is 4.64. The third-order valence-corrected chi connectivity index (χ3v) is 8.40. The number of carbonyl (C=O) groups excluding carboxylic acids is 1. The number of nitrogens with zero attached hydrogens (tertiary/aromatic N) is 2. The van der Waals surface area contributed by atoms with Crippen molar-refractivity contribution < 1.29 is 17.6 Å². The van der Waals surface area contributed by atoms with Gasteiger partial charge in [0.1, 0.15) is 11.9 Å². The first-order chi connectivity index (χ1) is 15.9. The van der Waals surface area contributed by atoms with Gasteiger partial charge in [-0.2, -0.15) is 4.31 Å². The molecule has 2 aromatic rings. The molecule has 4 rings (SSSR count). The third kappa shape index (κ3) is 5.37. The molecule has 2 aliphatic rings. The molecule has 7 nitrogen and oxygen atoms in total. The number of hydrogen-bond donors (Lipinski definition) is 2. The predicted molar refractivity (Wildman–Crippen MR) is 126 cm³/mol. The van der Waals surface area contributed by atoms with Crippen molar-refractivity contribution in [2.45, 2.75) is 49.1 Å². The van der Waals surface area contributed by atoms with Crippen LogP contribution in [-0.2, 0) is 21.2 Å². The van der Waals surface area contributed by atoms with E-state index >= 15 is 0 Å². The number of hydrogen-bond acceptors (Lipinski definition) is 5. The van der Waals surface area contributed by atoms with Crippen LogP contribution >= 0.6 is 0 Å². The molecule has 33 heavy (non-hydrogen) atoms. The Morgan fingerprint density at radius 2 is 1.67 bits per heavy atom. The van der Waals surface area contributed by atoms with Crippen LogP contribution in [0.25, 0.3) is 0 Å². The number of sulfonamides is 1. The highest BCUT2D eigenvalue weighted by atomic mass is 32.2. The highest BCUT2D eigenvalue weighted by Gasteiger charge is 2.41. The summed E-state index contributed by atoms with van der Waals surface area (Å²) in [5.74, 6) is -0.631. The van der Waals surface area contributed by atoms with Crippen molar-refractivity contribution in [3.05, 3.63) is 59.9 Å². The molecule has 0 bridgehead atoms. The molecule has 3 N–H and O–H groups in total. The lowest BCUT2D eigenvalue weighted by Crippen LogP contribution is -2.51. The number of anilines is 1. The van der Waals surface area contributed by atoms with Crippen LogP contribution in [0.3, 0.4) is 0 Å². The molecule has 2 aromatic carbocycles. The summed E-state index contributed by atoms with van der Waals surface area (Å²) in [4.78, 5) is 15.0. The largest absolute Gasteiger partial charge is 0.382 e. The lowest BCUT2D eigenvalue weighted by atomic mass is 10.0. The lowest BCUT2D eigenvalue weighted by Gasteiger charge is -2.35. The van der Waals surface area contributed by atoms with Gasteiger partial charge in [-0.3, -0.25) is 4.79 Å². The number of carbonyl (C=O) groups is 1. The van der Waals surface area contributed by atoms with E-state index in [-0.39, 0.29) is 16.8 Å². The van der Waals surface area contributed by atoms with E-state index < -0.39 is 21.9 Å². The van der Waals surface area contributed by atoms with Crippen LogP contribution in [0.4, 0.5) is 10.1 Å². The third-order valence-electron chi connectivity index (χ3n) is 6.47. The van der Waals surface area contributed by atoms with E-state index in [0.29, 0.717) is 39.0 Å². The summed E-state index contributed by atoms with van der Waals surface area (Å²) in [6.45, 7) is 2.10. The fraction of sp³-hybridized carbons (Fsp3) is 0.458. The zero-order valence-corrected chi connectivity index (χ0v) is 19.4. The molecule has 1 amide bonds. The Labute approximate surface area is 194 Å². The van der Waals surface area contributed by atoms with Crippen molar-refractivity contribution in [1.29, 1.82) is 0 Å². The average Bonchev–Trinajstić information content (AvgIpc) is 3.32. The number of nitrogens with two attached hydrogens (primary N) is 1. The summed E-state index contributed by atoms with van der Waals surface area (Å²) in [6, 6.07) is 12.6. The Hall–Kier alpha value is -2.49. The molecule has 0 radical (unpaired) electrons. The van der Waals surface area contributed by atoms with E-state index in [1.807, 2.05) is 0 Å². The Kier molecular flexibility index (Phi) is 7.31. The van der Waals surface area contributed by atoms with E-state index in [1.54, 1.807) is 4.90 Å². The van der Waals surface area contributed by atoms with Crippen LogP contribution in [0.2, 0.25) is 0 Å². The van der Waals surface area contributed by atoms with Crippen LogP contribution in [0.5, 0.6) is 0 Å². The Bertz CT molecular complexity index is 1050. The van der Waals surface area contributed by atoms with Crippen LogP contribution in [-0.4, -0.2) is 61.8 Å². The van der Waals surface area contributed by atoms with Crippen molar-refractivity contribution in [3.8, 4) is 0 Å². The number of likely N-dealkylation sites (tertiary alicyclic amines) is 1. The molecule has 2 fully saturated rings. The summed E-state index contributed by atoms with van der Waals surface area (Å²) in [7, 11) is -3.85. The van der Waals surface area contributed by atoms with E-state index in [9.17, 15) is 17.6 Å². The van der Waals surface area contributed by atoms with Gasteiger partial charge in [0.25, 0.3) is 0 Å². The second-order valence-corrected chi connectivity index (χ2v) is 10.6. The molecule has 0 aromatic heterocycles. The summed E-state index contributed by atoms with van der Waals surface area (Å²) >= 11 is 0. The molecule has 9 heteroatoms. The van der Waals surface area contributed by atoms with Crippen molar-refractivity contribution >= 4 is 21.6 Å². The molecule has 2 aliphatic heterocycles. The Morgan fingerprint density at radius 1 is 1.00 bits per heavy atom. The maximum absolute atomic E-state index is 13.2. The summed E-state index contributed by atoms with van der Waals surface area (Å²) in [6.07, 6.45) is 3.60. The molecule has 0 unspecified atom stereocenters. The van der Waals surface area contributed by atoms with Crippen molar-refractivity contribution in [2.75, 3.05) is 31.5 Å². The number of nitrogens with one attached hydrogen (secondary N) is 1. The second kappa shape index (κ2) is 10.2. The monoisotopic (exact) mass is 474 g/mol. The minimum atomic E-state index is -3.85. The molecular weight excluding hydrogens is 443 g/mol. The van der Waals surface area contributed by atoms with Gasteiger partial charge in [-0.25, -0.2) is 12.8 Å².